The van der Waals surface area contributed by atoms with E-state index in [1.54, 1.807) is 12.1 Å². The number of nitrogens with zero attached hydrogens (tertiary/aromatic N) is 1. The summed E-state index contributed by atoms with van der Waals surface area (Å²) >= 11 is 0. The van der Waals surface area contributed by atoms with E-state index in [9.17, 15) is 4.39 Å². The Morgan fingerprint density at radius 3 is 2.89 bits per heavy atom. The van der Waals surface area contributed by atoms with Crippen LogP contribution in [0.5, 0.6) is 0 Å². The molecule has 2 fully saturated rings. The van der Waals surface area contributed by atoms with Crippen LogP contribution in [-0.4, -0.2) is 30.1 Å². The highest BCUT2D eigenvalue weighted by molar-refractivity contribution is 5.16. The largest absolute Gasteiger partial charge is 0.309 e. The second kappa shape index (κ2) is 4.98. The predicted molar refractivity (Wildman–Crippen MR) is 70.9 cm³/mol. The van der Waals surface area contributed by atoms with E-state index in [0.717, 1.165) is 31.7 Å². The minimum absolute atomic E-state index is 0.127. The molecule has 3 rings (SSSR count). The van der Waals surface area contributed by atoms with Crippen molar-refractivity contribution < 1.29 is 4.39 Å². The van der Waals surface area contributed by atoms with E-state index in [1.165, 1.54) is 31.7 Å². The first-order valence-electron chi connectivity index (χ1n) is 6.98. The minimum atomic E-state index is -0.127. The summed E-state index contributed by atoms with van der Waals surface area (Å²) in [5.74, 6) is -0.127. The molecule has 98 valence electrons. The fourth-order valence-electron chi connectivity index (χ4n) is 3.46. The quantitative estimate of drug-likeness (QED) is 0.865. The van der Waals surface area contributed by atoms with Crippen molar-refractivity contribution in [3.8, 4) is 0 Å². The van der Waals surface area contributed by atoms with Crippen molar-refractivity contribution in [2.24, 2.45) is 0 Å². The molecular weight excluding hydrogens is 227 g/mol. The van der Waals surface area contributed by atoms with Crippen LogP contribution >= 0.6 is 0 Å². The number of nitrogens with one attached hydrogen (secondary N) is 1. The number of hydrogen-bond donors (Lipinski definition) is 1. The lowest BCUT2D eigenvalue weighted by molar-refractivity contribution is 0.128. The summed E-state index contributed by atoms with van der Waals surface area (Å²) in [6.07, 6.45) is 5.29. The summed E-state index contributed by atoms with van der Waals surface area (Å²) in [6, 6.07) is 6.99. The van der Waals surface area contributed by atoms with Crippen molar-refractivity contribution in [3.05, 3.63) is 35.6 Å². The summed E-state index contributed by atoms with van der Waals surface area (Å²) < 4.78 is 13.2. The van der Waals surface area contributed by atoms with E-state index < -0.39 is 0 Å². The summed E-state index contributed by atoms with van der Waals surface area (Å²) in [5, 5.41) is 3.71. The zero-order valence-electron chi connectivity index (χ0n) is 10.8. The maximum absolute atomic E-state index is 13.2. The van der Waals surface area contributed by atoms with E-state index in [4.69, 9.17) is 0 Å². The van der Waals surface area contributed by atoms with Gasteiger partial charge in [0.25, 0.3) is 0 Å². The molecule has 0 atom stereocenters. The molecule has 0 amide bonds. The Kier molecular flexibility index (Phi) is 3.35. The highest BCUT2D eigenvalue weighted by atomic mass is 19.1. The number of halogens is 1. The van der Waals surface area contributed by atoms with Crippen LogP contribution in [-0.2, 0) is 6.54 Å². The monoisotopic (exact) mass is 248 g/mol. The van der Waals surface area contributed by atoms with Gasteiger partial charge in [0.2, 0.25) is 0 Å². The van der Waals surface area contributed by atoms with Gasteiger partial charge in [0, 0.05) is 31.7 Å². The molecule has 0 unspecified atom stereocenters. The molecule has 2 nitrogen and oxygen atoms in total. The predicted octanol–water partition coefficient (Wildman–Crippen LogP) is 2.54. The Morgan fingerprint density at radius 2 is 2.11 bits per heavy atom. The van der Waals surface area contributed by atoms with Crippen molar-refractivity contribution in [2.45, 2.75) is 37.8 Å². The van der Waals surface area contributed by atoms with Gasteiger partial charge >= 0.3 is 0 Å². The molecule has 1 aromatic rings. The van der Waals surface area contributed by atoms with Crippen LogP contribution in [0.1, 0.15) is 31.2 Å². The Morgan fingerprint density at radius 1 is 1.28 bits per heavy atom. The number of piperazine rings is 1. The van der Waals surface area contributed by atoms with Crippen LogP contribution < -0.4 is 5.32 Å². The van der Waals surface area contributed by atoms with E-state index in [-0.39, 0.29) is 5.82 Å². The first-order valence-corrected chi connectivity index (χ1v) is 6.98. The number of rotatable bonds is 2. The fraction of sp³-hybridized carbons (Fsp3) is 0.600. The molecule has 1 spiro atoms. The van der Waals surface area contributed by atoms with Crippen LogP contribution in [0.25, 0.3) is 0 Å². The van der Waals surface area contributed by atoms with Gasteiger partial charge in [-0.15, -0.1) is 0 Å². The zero-order chi connectivity index (χ0) is 12.4. The lowest BCUT2D eigenvalue weighted by atomic mass is 9.94. The van der Waals surface area contributed by atoms with Crippen molar-refractivity contribution in [3.63, 3.8) is 0 Å². The second-order valence-electron chi connectivity index (χ2n) is 5.75. The van der Waals surface area contributed by atoms with Crippen molar-refractivity contribution >= 4 is 0 Å². The van der Waals surface area contributed by atoms with Crippen molar-refractivity contribution in [1.82, 2.24) is 10.2 Å². The summed E-state index contributed by atoms with van der Waals surface area (Å²) in [5.41, 5.74) is 1.44. The molecular formula is C15H21FN2. The van der Waals surface area contributed by atoms with Gasteiger partial charge in [-0.3, -0.25) is 4.90 Å². The maximum Gasteiger partial charge on any atom is 0.123 e. The van der Waals surface area contributed by atoms with Crippen LogP contribution in [0, 0.1) is 5.82 Å². The molecule has 0 radical (unpaired) electrons. The molecule has 1 aliphatic heterocycles. The van der Waals surface area contributed by atoms with Crippen LogP contribution in [0.15, 0.2) is 24.3 Å². The third-order valence-electron chi connectivity index (χ3n) is 4.31. The molecule has 1 aromatic carbocycles. The molecule has 1 aliphatic carbocycles. The van der Waals surface area contributed by atoms with E-state index in [0.29, 0.717) is 5.54 Å². The standard InChI is InChI=1S/C15H21FN2/c16-14-5-3-4-13(10-14)11-18-9-8-17-15(12-18)6-1-2-7-15/h3-5,10,17H,1-2,6-9,11-12H2. The Hall–Kier alpha value is -0.930. The highest BCUT2D eigenvalue weighted by Gasteiger charge is 2.37. The van der Waals surface area contributed by atoms with E-state index >= 15 is 0 Å². The van der Waals surface area contributed by atoms with Gasteiger partial charge in [-0.25, -0.2) is 4.39 Å². The number of benzene rings is 1. The average molecular weight is 248 g/mol. The normalized spacial score (nSPS) is 23.6. The first-order chi connectivity index (χ1) is 8.76. The third kappa shape index (κ3) is 2.57. The smallest absolute Gasteiger partial charge is 0.123 e. The minimum Gasteiger partial charge on any atom is -0.309 e. The lowest BCUT2D eigenvalue weighted by Gasteiger charge is -2.41. The third-order valence-corrected chi connectivity index (χ3v) is 4.31. The van der Waals surface area contributed by atoms with Gasteiger partial charge in [0.05, 0.1) is 0 Å². The van der Waals surface area contributed by atoms with Gasteiger partial charge < -0.3 is 5.32 Å². The topological polar surface area (TPSA) is 15.3 Å². The molecule has 0 aromatic heterocycles. The lowest BCUT2D eigenvalue weighted by Crippen LogP contribution is -2.58. The average Bonchev–Trinajstić information content (AvgIpc) is 2.77. The summed E-state index contributed by atoms with van der Waals surface area (Å²) in [6.45, 7) is 4.12. The Labute approximate surface area is 108 Å². The van der Waals surface area contributed by atoms with Crippen LogP contribution in [0.4, 0.5) is 4.39 Å². The van der Waals surface area contributed by atoms with E-state index in [1.807, 2.05) is 6.07 Å². The summed E-state index contributed by atoms with van der Waals surface area (Å²) in [7, 11) is 0. The molecule has 18 heavy (non-hydrogen) atoms. The number of hydrogen-bond acceptors (Lipinski definition) is 2. The molecule has 1 saturated carbocycles. The summed E-state index contributed by atoms with van der Waals surface area (Å²) in [4.78, 5) is 2.47. The molecule has 3 heteroatoms. The fourth-order valence-corrected chi connectivity index (χ4v) is 3.46. The van der Waals surface area contributed by atoms with Gasteiger partial charge in [0.1, 0.15) is 5.82 Å². The molecule has 2 aliphatic rings. The molecule has 1 heterocycles. The van der Waals surface area contributed by atoms with Gasteiger partial charge in [0.15, 0.2) is 0 Å². The van der Waals surface area contributed by atoms with Crippen molar-refractivity contribution in [2.75, 3.05) is 19.6 Å². The van der Waals surface area contributed by atoms with Gasteiger partial charge in [-0.05, 0) is 30.5 Å². The Balaban J connectivity index is 1.66. The molecule has 1 saturated heterocycles. The van der Waals surface area contributed by atoms with Crippen LogP contribution in [0.2, 0.25) is 0 Å². The Bertz CT molecular complexity index is 413. The van der Waals surface area contributed by atoms with E-state index in [2.05, 4.69) is 10.2 Å². The van der Waals surface area contributed by atoms with Crippen LogP contribution in [0.3, 0.4) is 0 Å². The maximum atomic E-state index is 13.2. The zero-order valence-corrected chi connectivity index (χ0v) is 10.8. The van der Waals surface area contributed by atoms with Crippen molar-refractivity contribution in [1.29, 1.82) is 0 Å². The van der Waals surface area contributed by atoms with Gasteiger partial charge in [-0.2, -0.15) is 0 Å². The second-order valence-corrected chi connectivity index (χ2v) is 5.75. The molecule has 0 bridgehead atoms. The SMILES string of the molecule is Fc1cccc(CN2CCNC3(CCCC3)C2)c1. The molecule has 1 N–H and O–H groups in total. The van der Waals surface area contributed by atoms with Gasteiger partial charge in [-0.1, -0.05) is 25.0 Å². The highest BCUT2D eigenvalue weighted by Crippen LogP contribution is 2.32. The first kappa shape index (κ1) is 12.1.